The molecule has 1 N–H and O–H groups in total. The lowest BCUT2D eigenvalue weighted by atomic mass is 9.95. The van der Waals surface area contributed by atoms with E-state index in [0.717, 1.165) is 24.1 Å². The van der Waals surface area contributed by atoms with Crippen molar-refractivity contribution in [2.75, 3.05) is 0 Å². The largest absolute Gasteiger partial charge is 0.344 e. The summed E-state index contributed by atoms with van der Waals surface area (Å²) in [7, 11) is 0. The zero-order valence-electron chi connectivity index (χ0n) is 15.6. The highest BCUT2D eigenvalue weighted by molar-refractivity contribution is 5.98. The molecule has 1 aliphatic carbocycles. The van der Waals surface area contributed by atoms with Gasteiger partial charge >= 0.3 is 0 Å². The predicted octanol–water partition coefficient (Wildman–Crippen LogP) is 3.85. The summed E-state index contributed by atoms with van der Waals surface area (Å²) in [6, 6.07) is 12.3. The molecule has 0 saturated carbocycles. The van der Waals surface area contributed by atoms with Gasteiger partial charge in [0.1, 0.15) is 0 Å². The molecule has 2 heterocycles. The number of amides is 1. The van der Waals surface area contributed by atoms with Crippen LogP contribution >= 0.6 is 0 Å². The van der Waals surface area contributed by atoms with Crippen LogP contribution in [0.1, 0.15) is 43.0 Å². The average molecular weight is 360 g/mol. The van der Waals surface area contributed by atoms with E-state index in [9.17, 15) is 4.79 Å². The summed E-state index contributed by atoms with van der Waals surface area (Å²) in [5.74, 6) is -0.0689. The number of hydrogen-bond donors (Lipinski definition) is 1. The number of carbonyl (C=O) groups excluding carboxylic acids is 1. The molecule has 0 aliphatic heterocycles. The zero-order chi connectivity index (χ0) is 18.6. The second-order valence-electron chi connectivity index (χ2n) is 7.03. The molecule has 27 heavy (non-hydrogen) atoms. The summed E-state index contributed by atoms with van der Waals surface area (Å²) in [5, 5.41) is 5.56. The van der Waals surface area contributed by atoms with E-state index in [-0.39, 0.29) is 5.91 Å². The van der Waals surface area contributed by atoms with Crippen molar-refractivity contribution in [1.29, 1.82) is 0 Å². The monoisotopic (exact) mass is 360 g/mol. The molecule has 4 rings (SSSR count). The first-order valence-corrected chi connectivity index (χ1v) is 9.56. The van der Waals surface area contributed by atoms with E-state index in [4.69, 9.17) is 0 Å². The minimum Gasteiger partial charge on any atom is -0.344 e. The standard InChI is InChI=1S/C22H24N4O/c1-16(17-7-6-13-23-15-17)24-25-22(27)12-14-26-20-10-4-2-8-18(20)19-9-3-5-11-21(19)26/h2,4,6-8,10,13,15H,3,5,9,11-12,14H2,1H3,(H,25,27). The third kappa shape index (κ3) is 3.63. The number of hydrazone groups is 1. The van der Waals surface area contributed by atoms with Crippen molar-refractivity contribution in [1.82, 2.24) is 15.0 Å². The summed E-state index contributed by atoms with van der Waals surface area (Å²) in [4.78, 5) is 16.4. The first-order chi connectivity index (χ1) is 13.2. The van der Waals surface area contributed by atoms with Crippen LogP contribution in [0.5, 0.6) is 0 Å². The number of para-hydroxylation sites is 1. The Labute approximate surface area is 159 Å². The lowest BCUT2D eigenvalue weighted by molar-refractivity contribution is -0.121. The Kier molecular flexibility index (Phi) is 5.01. The lowest BCUT2D eigenvalue weighted by Crippen LogP contribution is -2.21. The van der Waals surface area contributed by atoms with Crippen molar-refractivity contribution in [2.24, 2.45) is 5.10 Å². The molecule has 1 amide bonds. The molecule has 2 aromatic heterocycles. The average Bonchev–Trinajstić information content (AvgIpc) is 3.05. The van der Waals surface area contributed by atoms with Crippen molar-refractivity contribution in [3.63, 3.8) is 0 Å². The second kappa shape index (κ2) is 7.74. The van der Waals surface area contributed by atoms with E-state index in [1.807, 2.05) is 19.1 Å². The molecular weight excluding hydrogens is 336 g/mol. The fourth-order valence-corrected chi connectivity index (χ4v) is 3.90. The molecule has 0 fully saturated rings. The quantitative estimate of drug-likeness (QED) is 0.555. The van der Waals surface area contributed by atoms with Gasteiger partial charge < -0.3 is 4.57 Å². The van der Waals surface area contributed by atoms with Gasteiger partial charge in [0.15, 0.2) is 0 Å². The molecule has 0 spiro atoms. The SMILES string of the molecule is CC(=NNC(=O)CCn1c2c(c3ccccc31)CCCC2)c1cccnc1. The molecule has 0 bridgehead atoms. The Balaban J connectivity index is 1.47. The molecule has 0 unspecified atom stereocenters. The predicted molar refractivity (Wildman–Crippen MR) is 108 cm³/mol. The number of aromatic nitrogens is 2. The summed E-state index contributed by atoms with van der Waals surface area (Å²) >= 11 is 0. The van der Waals surface area contributed by atoms with Gasteiger partial charge in [-0.3, -0.25) is 9.78 Å². The normalized spacial score (nSPS) is 14.2. The van der Waals surface area contributed by atoms with Gasteiger partial charge in [-0.1, -0.05) is 24.3 Å². The topological polar surface area (TPSA) is 59.3 Å². The molecule has 5 nitrogen and oxygen atoms in total. The maximum absolute atomic E-state index is 12.3. The smallest absolute Gasteiger partial charge is 0.241 e. The Morgan fingerprint density at radius 2 is 2.04 bits per heavy atom. The van der Waals surface area contributed by atoms with Crippen LogP contribution in [0.4, 0.5) is 0 Å². The van der Waals surface area contributed by atoms with Gasteiger partial charge in [0.25, 0.3) is 0 Å². The first-order valence-electron chi connectivity index (χ1n) is 9.56. The Bertz CT molecular complexity index is 988. The number of hydrogen-bond acceptors (Lipinski definition) is 3. The van der Waals surface area contributed by atoms with Crippen molar-refractivity contribution < 1.29 is 4.79 Å². The van der Waals surface area contributed by atoms with Crippen LogP contribution < -0.4 is 5.43 Å². The van der Waals surface area contributed by atoms with Crippen LogP contribution in [0.2, 0.25) is 0 Å². The zero-order valence-corrected chi connectivity index (χ0v) is 15.6. The first kappa shape index (κ1) is 17.5. The van der Waals surface area contributed by atoms with Crippen LogP contribution in [-0.4, -0.2) is 21.2 Å². The van der Waals surface area contributed by atoms with Gasteiger partial charge in [-0.25, -0.2) is 5.43 Å². The van der Waals surface area contributed by atoms with Gasteiger partial charge in [-0.05, 0) is 50.3 Å². The van der Waals surface area contributed by atoms with E-state index >= 15 is 0 Å². The molecule has 0 atom stereocenters. The summed E-state index contributed by atoms with van der Waals surface area (Å²) in [5.41, 5.74) is 8.46. The fraction of sp³-hybridized carbons (Fsp3) is 0.318. The van der Waals surface area contributed by atoms with E-state index in [1.165, 1.54) is 35.0 Å². The Morgan fingerprint density at radius 3 is 2.89 bits per heavy atom. The van der Waals surface area contributed by atoms with Crippen LogP contribution in [0.15, 0.2) is 53.9 Å². The van der Waals surface area contributed by atoms with Crippen molar-refractivity contribution in [3.8, 4) is 0 Å². The summed E-state index contributed by atoms with van der Waals surface area (Å²) in [6.45, 7) is 2.55. The van der Waals surface area contributed by atoms with Crippen LogP contribution in [0, 0.1) is 0 Å². The number of benzene rings is 1. The number of rotatable bonds is 5. The van der Waals surface area contributed by atoms with E-state index in [2.05, 4.69) is 44.3 Å². The van der Waals surface area contributed by atoms with Crippen LogP contribution in [-0.2, 0) is 24.2 Å². The number of nitrogens with one attached hydrogen (secondary N) is 1. The summed E-state index contributed by atoms with van der Waals surface area (Å²) < 4.78 is 2.33. The van der Waals surface area contributed by atoms with E-state index < -0.39 is 0 Å². The highest BCUT2D eigenvalue weighted by atomic mass is 16.2. The van der Waals surface area contributed by atoms with Gasteiger partial charge in [0, 0.05) is 47.5 Å². The number of aryl methyl sites for hydroxylation is 2. The number of carbonyl (C=O) groups is 1. The third-order valence-electron chi connectivity index (χ3n) is 5.27. The minimum atomic E-state index is -0.0689. The maximum atomic E-state index is 12.3. The molecule has 0 saturated heterocycles. The van der Waals surface area contributed by atoms with Gasteiger partial charge in [-0.2, -0.15) is 5.10 Å². The molecular formula is C22H24N4O. The molecule has 5 heteroatoms. The van der Waals surface area contributed by atoms with E-state index in [0.29, 0.717) is 13.0 Å². The van der Waals surface area contributed by atoms with Gasteiger partial charge in [0.05, 0.1) is 5.71 Å². The van der Waals surface area contributed by atoms with Gasteiger partial charge in [0.2, 0.25) is 5.91 Å². The number of nitrogens with zero attached hydrogens (tertiary/aromatic N) is 3. The van der Waals surface area contributed by atoms with Crippen molar-refractivity contribution in [3.05, 3.63) is 65.6 Å². The van der Waals surface area contributed by atoms with Crippen LogP contribution in [0.25, 0.3) is 10.9 Å². The number of fused-ring (bicyclic) bond motifs is 3. The van der Waals surface area contributed by atoms with Crippen LogP contribution in [0.3, 0.4) is 0 Å². The maximum Gasteiger partial charge on any atom is 0.241 e. The van der Waals surface area contributed by atoms with Crippen molar-refractivity contribution in [2.45, 2.75) is 45.6 Å². The third-order valence-corrected chi connectivity index (χ3v) is 5.27. The summed E-state index contributed by atoms with van der Waals surface area (Å²) in [6.07, 6.45) is 8.59. The Hall–Kier alpha value is -2.95. The Morgan fingerprint density at radius 1 is 1.19 bits per heavy atom. The molecule has 3 aromatic rings. The minimum absolute atomic E-state index is 0.0689. The van der Waals surface area contributed by atoms with Crippen molar-refractivity contribution >= 4 is 22.5 Å². The highest BCUT2D eigenvalue weighted by Gasteiger charge is 2.19. The molecule has 1 aliphatic rings. The lowest BCUT2D eigenvalue weighted by Gasteiger charge is -2.15. The number of pyridine rings is 1. The fourth-order valence-electron chi connectivity index (χ4n) is 3.90. The van der Waals surface area contributed by atoms with E-state index in [1.54, 1.807) is 12.4 Å². The molecule has 0 radical (unpaired) electrons. The highest BCUT2D eigenvalue weighted by Crippen LogP contribution is 2.32. The van der Waals surface area contributed by atoms with Gasteiger partial charge in [-0.15, -0.1) is 0 Å². The molecule has 1 aromatic carbocycles. The molecule has 138 valence electrons. The second-order valence-corrected chi connectivity index (χ2v) is 7.03.